The number of amides is 1. The fraction of sp³-hybridized carbons (Fsp3) is 0.400. The number of nitrogens with one attached hydrogen (secondary N) is 1. The lowest BCUT2D eigenvalue weighted by Crippen LogP contribution is -2.59. The number of halogens is 3. The molecule has 3 aromatic rings. The molecule has 6 rings (SSSR count). The Morgan fingerprint density at radius 1 is 1.12 bits per heavy atom. The van der Waals surface area contributed by atoms with Crippen molar-refractivity contribution in [3.63, 3.8) is 0 Å². The first-order valence-electron chi connectivity index (χ1n) is 14.1. The van der Waals surface area contributed by atoms with E-state index in [1.165, 1.54) is 24.3 Å². The second-order valence-corrected chi connectivity index (χ2v) is 13.6. The molecule has 0 radical (unpaired) electrons. The molecule has 0 saturated carbocycles. The van der Waals surface area contributed by atoms with E-state index in [2.05, 4.69) is 15.2 Å². The standard InChI is InChI=1S/C30H31ClF2N4O5S/c31-24-16-34-9-5-20(24)17-36-10-6-30(7-11-36)8-12-42-27-13-19(23-3-2-21(32)14-25(23)33)1-4-28(27)43(40,41)37-18-22(38)15-26(37)29(39)35-30/h1-5,9,13-14,16,22,26,38H,6-8,10-12,15,17-18H2,(H,35,39)/t22-,26+/m1/s1. The molecule has 3 aliphatic heterocycles. The lowest BCUT2D eigenvalue weighted by Gasteiger charge is -2.43. The summed E-state index contributed by atoms with van der Waals surface area (Å²) >= 11 is 6.31. The number of piperidine rings is 1. The number of aliphatic hydroxyl groups excluding tert-OH is 1. The van der Waals surface area contributed by atoms with Gasteiger partial charge in [-0.3, -0.25) is 14.7 Å². The molecule has 1 spiro atoms. The highest BCUT2D eigenvalue weighted by Crippen LogP contribution is 2.38. The highest BCUT2D eigenvalue weighted by atomic mass is 35.5. The van der Waals surface area contributed by atoms with Crippen molar-refractivity contribution in [3.8, 4) is 16.9 Å². The van der Waals surface area contributed by atoms with Gasteiger partial charge in [0.2, 0.25) is 15.9 Å². The van der Waals surface area contributed by atoms with Crippen molar-refractivity contribution in [1.29, 1.82) is 0 Å². The average Bonchev–Trinajstić information content (AvgIpc) is 3.38. The number of sulfonamides is 1. The summed E-state index contributed by atoms with van der Waals surface area (Å²) in [5, 5.41) is 14.2. The minimum Gasteiger partial charge on any atom is -0.492 e. The minimum absolute atomic E-state index is 0.00405. The zero-order chi connectivity index (χ0) is 30.4. The van der Waals surface area contributed by atoms with Crippen LogP contribution in [0.5, 0.6) is 5.75 Å². The summed E-state index contributed by atoms with van der Waals surface area (Å²) in [6, 6.07) is 8.08. The van der Waals surface area contributed by atoms with Crippen LogP contribution in [-0.2, 0) is 21.4 Å². The fourth-order valence-corrected chi connectivity index (χ4v) is 8.12. The molecule has 0 unspecified atom stereocenters. The van der Waals surface area contributed by atoms with Gasteiger partial charge in [0.1, 0.15) is 28.3 Å². The highest BCUT2D eigenvalue weighted by Gasteiger charge is 2.47. The van der Waals surface area contributed by atoms with E-state index < -0.39 is 45.2 Å². The summed E-state index contributed by atoms with van der Waals surface area (Å²) in [5.41, 5.74) is 0.674. The number of carbonyl (C=O) groups excluding carboxylic acids is 1. The van der Waals surface area contributed by atoms with Gasteiger partial charge >= 0.3 is 0 Å². The first kappa shape index (κ1) is 29.9. The van der Waals surface area contributed by atoms with Gasteiger partial charge in [-0.1, -0.05) is 17.7 Å². The molecule has 2 saturated heterocycles. The van der Waals surface area contributed by atoms with Gasteiger partial charge in [0.05, 0.1) is 17.7 Å². The van der Waals surface area contributed by atoms with Crippen molar-refractivity contribution in [2.75, 3.05) is 26.2 Å². The maximum atomic E-state index is 14.6. The van der Waals surface area contributed by atoms with Gasteiger partial charge in [0.25, 0.3) is 0 Å². The van der Waals surface area contributed by atoms with Crippen LogP contribution in [0, 0.1) is 11.6 Å². The Bertz CT molecular complexity index is 1650. The Kier molecular flexibility index (Phi) is 8.16. The highest BCUT2D eigenvalue weighted by molar-refractivity contribution is 7.89. The van der Waals surface area contributed by atoms with E-state index >= 15 is 0 Å². The summed E-state index contributed by atoms with van der Waals surface area (Å²) < 4.78 is 63.1. The number of ether oxygens (including phenoxy) is 1. The molecule has 1 amide bonds. The molecule has 2 aromatic carbocycles. The molecular weight excluding hydrogens is 602 g/mol. The van der Waals surface area contributed by atoms with E-state index in [0.717, 1.165) is 22.0 Å². The first-order chi connectivity index (χ1) is 20.5. The van der Waals surface area contributed by atoms with E-state index in [1.54, 1.807) is 12.4 Å². The van der Waals surface area contributed by atoms with E-state index in [1.807, 2.05) is 6.07 Å². The molecule has 43 heavy (non-hydrogen) atoms. The zero-order valence-corrected chi connectivity index (χ0v) is 24.8. The largest absolute Gasteiger partial charge is 0.492 e. The van der Waals surface area contributed by atoms with Crippen molar-refractivity contribution in [3.05, 3.63) is 77.1 Å². The van der Waals surface area contributed by atoms with Crippen LogP contribution in [0.4, 0.5) is 8.78 Å². The van der Waals surface area contributed by atoms with E-state index in [0.29, 0.717) is 49.5 Å². The van der Waals surface area contributed by atoms with Crippen LogP contribution in [0.2, 0.25) is 5.02 Å². The lowest BCUT2D eigenvalue weighted by molar-refractivity contribution is -0.127. The van der Waals surface area contributed by atoms with Gasteiger partial charge in [-0.25, -0.2) is 17.2 Å². The summed E-state index contributed by atoms with van der Waals surface area (Å²) in [5.74, 6) is -1.99. The van der Waals surface area contributed by atoms with Gasteiger partial charge in [-0.05, 0) is 54.3 Å². The molecule has 2 fully saturated rings. The molecule has 0 aliphatic carbocycles. The van der Waals surface area contributed by atoms with Crippen molar-refractivity contribution in [2.45, 2.75) is 54.8 Å². The number of hydrogen-bond acceptors (Lipinski definition) is 7. The summed E-state index contributed by atoms with van der Waals surface area (Å²) in [7, 11) is -4.30. The zero-order valence-electron chi connectivity index (χ0n) is 23.2. The third-order valence-corrected chi connectivity index (χ3v) is 10.9. The van der Waals surface area contributed by atoms with Crippen molar-refractivity contribution >= 4 is 27.5 Å². The van der Waals surface area contributed by atoms with Crippen LogP contribution < -0.4 is 10.1 Å². The third kappa shape index (κ3) is 5.99. The van der Waals surface area contributed by atoms with Gasteiger partial charge < -0.3 is 15.2 Å². The average molecular weight is 633 g/mol. The number of carbonyl (C=O) groups is 1. The van der Waals surface area contributed by atoms with Gasteiger partial charge in [0.15, 0.2) is 0 Å². The maximum absolute atomic E-state index is 14.6. The smallest absolute Gasteiger partial charge is 0.247 e. The fourth-order valence-electron chi connectivity index (χ4n) is 6.19. The normalized spacial score (nSPS) is 24.0. The van der Waals surface area contributed by atoms with E-state index in [4.69, 9.17) is 16.3 Å². The Balaban J connectivity index is 1.32. The van der Waals surface area contributed by atoms with Crippen LogP contribution in [-0.4, -0.2) is 77.5 Å². The van der Waals surface area contributed by atoms with E-state index in [9.17, 15) is 27.1 Å². The number of aliphatic hydroxyl groups is 1. The summed E-state index contributed by atoms with van der Waals surface area (Å²) in [6.45, 7) is 1.76. The van der Waals surface area contributed by atoms with Crippen molar-refractivity contribution in [2.24, 2.45) is 0 Å². The maximum Gasteiger partial charge on any atom is 0.247 e. The van der Waals surface area contributed by atoms with Crippen LogP contribution in [0.1, 0.15) is 31.2 Å². The Hall–Kier alpha value is -3.16. The van der Waals surface area contributed by atoms with E-state index in [-0.39, 0.29) is 35.8 Å². The molecular formula is C30H31ClF2N4O5S. The van der Waals surface area contributed by atoms with Gasteiger partial charge in [-0.2, -0.15) is 4.31 Å². The molecule has 1 aromatic heterocycles. The first-order valence-corrected chi connectivity index (χ1v) is 15.9. The minimum atomic E-state index is -4.30. The summed E-state index contributed by atoms with van der Waals surface area (Å²) in [6.07, 6.45) is 3.80. The molecule has 228 valence electrons. The third-order valence-electron chi connectivity index (χ3n) is 8.60. The topological polar surface area (TPSA) is 112 Å². The number of aromatic nitrogens is 1. The Morgan fingerprint density at radius 3 is 2.65 bits per heavy atom. The molecule has 13 heteroatoms. The SMILES string of the molecule is O=C1NC2(CCOc3cc(-c4ccc(F)cc4F)ccc3S(=O)(=O)N3C[C@H](O)C[C@@H]13)CCN(Cc1ccncc1Cl)CC2. The number of likely N-dealkylation sites (tertiary alicyclic amines) is 1. The molecule has 4 heterocycles. The lowest BCUT2D eigenvalue weighted by atomic mass is 9.84. The predicted octanol–water partition coefficient (Wildman–Crippen LogP) is 3.74. The van der Waals surface area contributed by atoms with Crippen LogP contribution in [0.25, 0.3) is 11.1 Å². The molecule has 2 atom stereocenters. The monoisotopic (exact) mass is 632 g/mol. The number of pyridine rings is 1. The number of rotatable bonds is 3. The van der Waals surface area contributed by atoms with Crippen LogP contribution >= 0.6 is 11.6 Å². The number of benzene rings is 2. The molecule has 9 nitrogen and oxygen atoms in total. The van der Waals surface area contributed by atoms with Gasteiger partial charge in [0, 0.05) is 68.6 Å². The van der Waals surface area contributed by atoms with Crippen molar-refractivity contribution in [1.82, 2.24) is 19.5 Å². The second kappa shape index (κ2) is 11.7. The van der Waals surface area contributed by atoms with Crippen LogP contribution in [0.15, 0.2) is 59.8 Å². The molecule has 0 bridgehead atoms. The molecule has 3 aliphatic rings. The van der Waals surface area contributed by atoms with Gasteiger partial charge in [-0.15, -0.1) is 0 Å². The molecule has 2 N–H and O–H groups in total. The Morgan fingerprint density at radius 2 is 1.91 bits per heavy atom. The van der Waals surface area contributed by atoms with Crippen LogP contribution in [0.3, 0.4) is 0 Å². The van der Waals surface area contributed by atoms with Crippen molar-refractivity contribution < 1.29 is 31.8 Å². The number of hydrogen-bond donors (Lipinski definition) is 2. The second-order valence-electron chi connectivity index (χ2n) is 11.4. The predicted molar refractivity (Wildman–Crippen MR) is 155 cm³/mol. The Labute approximate surface area is 253 Å². The quantitative estimate of drug-likeness (QED) is 0.453. The number of nitrogens with zero attached hydrogens (tertiary/aromatic N) is 3. The number of fused-ring (bicyclic) bond motifs is 2. The summed E-state index contributed by atoms with van der Waals surface area (Å²) in [4.78, 5) is 19.8.